The van der Waals surface area contributed by atoms with Crippen molar-refractivity contribution < 1.29 is 14.3 Å². The first-order chi connectivity index (χ1) is 7.00. The predicted octanol–water partition coefficient (Wildman–Crippen LogP) is 0.251. The first-order valence-corrected chi connectivity index (χ1v) is 4.69. The third kappa shape index (κ3) is 1.37. The average Bonchev–Trinajstić information content (AvgIpc) is 2.59. The Kier molecular flexibility index (Phi) is 1.97. The van der Waals surface area contributed by atoms with Gasteiger partial charge >= 0.3 is 17.4 Å². The van der Waals surface area contributed by atoms with Gasteiger partial charge in [0.1, 0.15) is 9.71 Å². The molecule has 7 heteroatoms. The van der Waals surface area contributed by atoms with Gasteiger partial charge in [-0.05, 0) is 6.07 Å². The molecule has 1 N–H and O–H groups in total. The summed E-state index contributed by atoms with van der Waals surface area (Å²) >= 11 is 0.864. The lowest BCUT2D eigenvalue weighted by molar-refractivity contribution is 0.0702. The lowest BCUT2D eigenvalue weighted by Gasteiger charge is -1.94. The van der Waals surface area contributed by atoms with E-state index in [4.69, 9.17) is 5.11 Å². The molecule has 0 saturated carbocycles. The van der Waals surface area contributed by atoms with Crippen molar-refractivity contribution >= 4 is 27.5 Å². The number of thiophene rings is 1. The molecule has 0 aliphatic carbocycles. The first-order valence-electron chi connectivity index (χ1n) is 3.87. The van der Waals surface area contributed by atoms with Crippen molar-refractivity contribution in [3.63, 3.8) is 0 Å². The molecule has 0 bridgehead atoms. The summed E-state index contributed by atoms with van der Waals surface area (Å²) in [4.78, 5) is 33.3. The fraction of sp³-hybridized carbons (Fsp3) is 0.125. The van der Waals surface area contributed by atoms with Crippen LogP contribution in [0.25, 0.3) is 10.2 Å². The zero-order valence-electron chi connectivity index (χ0n) is 7.51. The van der Waals surface area contributed by atoms with E-state index in [-0.39, 0.29) is 10.3 Å². The molecule has 0 radical (unpaired) electrons. The SMILES string of the molecule is Cn1c(=O)oc(=O)c2cc(C(=O)O)sc21. The van der Waals surface area contributed by atoms with Crippen molar-refractivity contribution in [2.75, 3.05) is 0 Å². The number of fused-ring (bicyclic) bond motifs is 1. The zero-order chi connectivity index (χ0) is 11.2. The van der Waals surface area contributed by atoms with E-state index < -0.39 is 17.4 Å². The van der Waals surface area contributed by atoms with Crippen LogP contribution in [0.2, 0.25) is 0 Å². The van der Waals surface area contributed by atoms with Crippen molar-refractivity contribution in [3.8, 4) is 0 Å². The molecule has 0 aliphatic rings. The predicted molar refractivity (Wildman–Crippen MR) is 52.6 cm³/mol. The molecule has 78 valence electrons. The molecular weight excluding hydrogens is 222 g/mol. The van der Waals surface area contributed by atoms with E-state index in [1.165, 1.54) is 13.1 Å². The Bertz CT molecular complexity index is 662. The van der Waals surface area contributed by atoms with Gasteiger partial charge in [0.2, 0.25) is 0 Å². The quantitative estimate of drug-likeness (QED) is 0.754. The monoisotopic (exact) mass is 227 g/mol. The minimum Gasteiger partial charge on any atom is -0.477 e. The van der Waals surface area contributed by atoms with E-state index in [1.54, 1.807) is 0 Å². The Morgan fingerprint density at radius 2 is 2.20 bits per heavy atom. The van der Waals surface area contributed by atoms with Crippen LogP contribution in [0.4, 0.5) is 0 Å². The summed E-state index contributed by atoms with van der Waals surface area (Å²) in [5.41, 5.74) is -0.808. The van der Waals surface area contributed by atoms with Crippen molar-refractivity contribution in [2.45, 2.75) is 0 Å². The molecule has 0 unspecified atom stereocenters. The van der Waals surface area contributed by atoms with Crippen LogP contribution in [0.3, 0.4) is 0 Å². The minimum atomic E-state index is -1.14. The number of aromatic nitrogens is 1. The molecule has 0 saturated heterocycles. The normalized spacial score (nSPS) is 10.7. The standard InChI is InChI=1S/C8H5NO5S/c1-9-5-3(7(12)14-8(9)13)2-4(15-5)6(10)11/h2H,1H3,(H,10,11). The number of rotatable bonds is 1. The van der Waals surface area contributed by atoms with Gasteiger partial charge in [-0.15, -0.1) is 11.3 Å². The highest BCUT2D eigenvalue weighted by molar-refractivity contribution is 7.20. The van der Waals surface area contributed by atoms with E-state index in [1.807, 2.05) is 0 Å². The molecule has 2 aromatic heterocycles. The highest BCUT2D eigenvalue weighted by atomic mass is 32.1. The van der Waals surface area contributed by atoms with Gasteiger partial charge in [-0.25, -0.2) is 14.4 Å². The van der Waals surface area contributed by atoms with E-state index in [2.05, 4.69) is 4.42 Å². The fourth-order valence-electron chi connectivity index (χ4n) is 1.17. The van der Waals surface area contributed by atoms with Crippen molar-refractivity contribution in [3.05, 3.63) is 31.9 Å². The Balaban J connectivity index is 2.98. The van der Waals surface area contributed by atoms with Crippen LogP contribution >= 0.6 is 11.3 Å². The maximum absolute atomic E-state index is 11.2. The van der Waals surface area contributed by atoms with E-state index >= 15 is 0 Å². The summed E-state index contributed by atoms with van der Waals surface area (Å²) in [6.07, 6.45) is 0. The van der Waals surface area contributed by atoms with Gasteiger partial charge in [0.15, 0.2) is 0 Å². The molecule has 0 spiro atoms. The third-order valence-corrected chi connectivity index (χ3v) is 3.10. The highest BCUT2D eigenvalue weighted by Crippen LogP contribution is 2.21. The van der Waals surface area contributed by atoms with Crippen LogP contribution in [0.15, 0.2) is 20.1 Å². The van der Waals surface area contributed by atoms with Crippen LogP contribution in [0.1, 0.15) is 9.67 Å². The summed E-state index contributed by atoms with van der Waals surface area (Å²) in [6, 6.07) is 1.20. The molecule has 0 fully saturated rings. The summed E-state index contributed by atoms with van der Waals surface area (Å²) < 4.78 is 5.48. The molecule has 0 amide bonds. The third-order valence-electron chi connectivity index (χ3n) is 1.90. The van der Waals surface area contributed by atoms with Crippen LogP contribution in [-0.2, 0) is 7.05 Å². The molecule has 0 aliphatic heterocycles. The van der Waals surface area contributed by atoms with Crippen LogP contribution in [0, 0.1) is 0 Å². The molecule has 2 aromatic rings. The molecule has 0 aromatic carbocycles. The van der Waals surface area contributed by atoms with Gasteiger partial charge in [0.05, 0.1) is 5.39 Å². The van der Waals surface area contributed by atoms with Crippen molar-refractivity contribution in [1.82, 2.24) is 4.57 Å². The maximum Gasteiger partial charge on any atom is 0.422 e. The number of carbonyl (C=O) groups is 1. The van der Waals surface area contributed by atoms with E-state index in [0.29, 0.717) is 4.83 Å². The second-order valence-electron chi connectivity index (χ2n) is 2.85. The fourth-order valence-corrected chi connectivity index (χ4v) is 2.10. The second-order valence-corrected chi connectivity index (χ2v) is 3.88. The van der Waals surface area contributed by atoms with Gasteiger partial charge in [0.25, 0.3) is 0 Å². The number of hydrogen-bond donors (Lipinski definition) is 1. The largest absolute Gasteiger partial charge is 0.477 e. The summed E-state index contributed by atoms with van der Waals surface area (Å²) in [5.74, 6) is -1.94. The number of carboxylic acid groups (broad SMARTS) is 1. The minimum absolute atomic E-state index is 0.00139. The lowest BCUT2D eigenvalue weighted by Crippen LogP contribution is -2.21. The van der Waals surface area contributed by atoms with Gasteiger partial charge in [-0.1, -0.05) is 0 Å². The number of hydrogen-bond acceptors (Lipinski definition) is 5. The van der Waals surface area contributed by atoms with Crippen LogP contribution in [0.5, 0.6) is 0 Å². The molecule has 0 atom stereocenters. The number of nitrogens with zero attached hydrogens (tertiary/aromatic N) is 1. The molecule has 15 heavy (non-hydrogen) atoms. The molecule has 2 heterocycles. The topological polar surface area (TPSA) is 89.5 Å². The van der Waals surface area contributed by atoms with Gasteiger partial charge in [-0.3, -0.25) is 4.57 Å². The number of carboxylic acids is 1. The van der Waals surface area contributed by atoms with Crippen LogP contribution < -0.4 is 11.4 Å². The van der Waals surface area contributed by atoms with Gasteiger partial charge < -0.3 is 9.52 Å². The van der Waals surface area contributed by atoms with Crippen LogP contribution in [-0.4, -0.2) is 15.6 Å². The number of aryl methyl sites for hydroxylation is 1. The first kappa shape index (κ1) is 9.66. The van der Waals surface area contributed by atoms with E-state index in [9.17, 15) is 14.4 Å². The highest BCUT2D eigenvalue weighted by Gasteiger charge is 2.14. The second kappa shape index (κ2) is 3.06. The zero-order valence-corrected chi connectivity index (χ0v) is 8.33. The molecular formula is C8H5NO5S. The number of aromatic carboxylic acids is 1. The van der Waals surface area contributed by atoms with Gasteiger partial charge in [0, 0.05) is 7.05 Å². The van der Waals surface area contributed by atoms with Gasteiger partial charge in [-0.2, -0.15) is 0 Å². The van der Waals surface area contributed by atoms with E-state index in [0.717, 1.165) is 15.9 Å². The van der Waals surface area contributed by atoms with Crippen molar-refractivity contribution in [2.24, 2.45) is 7.05 Å². The molecule has 6 nitrogen and oxygen atoms in total. The summed E-state index contributed by atoms with van der Waals surface area (Å²) in [7, 11) is 1.41. The maximum atomic E-state index is 11.2. The Hall–Kier alpha value is -1.89. The summed E-state index contributed by atoms with van der Waals surface area (Å²) in [5, 5.41) is 8.84. The summed E-state index contributed by atoms with van der Waals surface area (Å²) in [6.45, 7) is 0. The lowest BCUT2D eigenvalue weighted by atomic mass is 10.4. The average molecular weight is 227 g/mol. The Morgan fingerprint density at radius 1 is 1.53 bits per heavy atom. The Labute approximate surface area is 86.0 Å². The van der Waals surface area contributed by atoms with Crippen molar-refractivity contribution in [1.29, 1.82) is 0 Å². The Morgan fingerprint density at radius 3 is 2.80 bits per heavy atom. The molecule has 2 rings (SSSR count). The smallest absolute Gasteiger partial charge is 0.422 e.